The summed E-state index contributed by atoms with van der Waals surface area (Å²) >= 11 is 0. The van der Waals surface area contributed by atoms with Gasteiger partial charge in [-0.15, -0.1) is 0 Å². The lowest BCUT2D eigenvalue weighted by Crippen LogP contribution is -2.41. The number of ketones is 2. The fourth-order valence-electron chi connectivity index (χ4n) is 3.71. The van der Waals surface area contributed by atoms with Gasteiger partial charge in [-0.1, -0.05) is 13.8 Å². The molecule has 2 aliphatic rings. The molecule has 0 aromatic rings. The van der Waals surface area contributed by atoms with E-state index in [1.165, 1.54) is 0 Å². The van der Waals surface area contributed by atoms with Gasteiger partial charge in [0.25, 0.3) is 0 Å². The van der Waals surface area contributed by atoms with Crippen LogP contribution in [0.3, 0.4) is 0 Å². The normalized spacial score (nSPS) is 35.9. The summed E-state index contributed by atoms with van der Waals surface area (Å²) in [6.45, 7) is 4.32. The standard InChI is InChI=1S/C13H20O2/c1-12(2)6-11(15)8-13(9-12)5-3-4-10(14)7-13/h3-9H2,1-2H3. The molecule has 15 heavy (non-hydrogen) atoms. The maximum atomic E-state index is 11.7. The van der Waals surface area contributed by atoms with Crippen molar-refractivity contribution in [2.75, 3.05) is 0 Å². The molecule has 0 radical (unpaired) electrons. The number of carbonyl (C=O) groups is 2. The van der Waals surface area contributed by atoms with E-state index < -0.39 is 0 Å². The summed E-state index contributed by atoms with van der Waals surface area (Å²) in [5, 5.41) is 0. The molecule has 2 saturated carbocycles. The van der Waals surface area contributed by atoms with Crippen LogP contribution in [0.25, 0.3) is 0 Å². The fraction of sp³-hybridized carbons (Fsp3) is 0.846. The average Bonchev–Trinajstić information content (AvgIpc) is 1.97. The van der Waals surface area contributed by atoms with E-state index in [2.05, 4.69) is 13.8 Å². The summed E-state index contributed by atoms with van der Waals surface area (Å²) < 4.78 is 0. The van der Waals surface area contributed by atoms with Crippen molar-refractivity contribution in [1.82, 2.24) is 0 Å². The van der Waals surface area contributed by atoms with Crippen LogP contribution in [0.2, 0.25) is 0 Å². The highest BCUT2D eigenvalue weighted by Crippen LogP contribution is 2.51. The highest BCUT2D eigenvalue weighted by Gasteiger charge is 2.45. The van der Waals surface area contributed by atoms with Crippen molar-refractivity contribution in [3.8, 4) is 0 Å². The number of carbonyl (C=O) groups excluding carboxylic acids is 2. The van der Waals surface area contributed by atoms with Crippen molar-refractivity contribution in [2.45, 2.75) is 58.8 Å². The van der Waals surface area contributed by atoms with Crippen LogP contribution in [0.1, 0.15) is 58.8 Å². The Morgan fingerprint density at radius 3 is 2.27 bits per heavy atom. The first kappa shape index (κ1) is 10.8. The Kier molecular flexibility index (Phi) is 2.48. The highest BCUT2D eigenvalue weighted by molar-refractivity contribution is 5.84. The van der Waals surface area contributed by atoms with Crippen LogP contribution in [0.5, 0.6) is 0 Å². The Morgan fingerprint density at radius 1 is 1.00 bits per heavy atom. The molecule has 0 aliphatic heterocycles. The van der Waals surface area contributed by atoms with Crippen LogP contribution in [0.4, 0.5) is 0 Å². The first-order valence-corrected chi connectivity index (χ1v) is 5.94. The van der Waals surface area contributed by atoms with Gasteiger partial charge in [-0.3, -0.25) is 9.59 Å². The number of hydrogen-bond donors (Lipinski definition) is 0. The molecular weight excluding hydrogens is 188 g/mol. The maximum absolute atomic E-state index is 11.7. The lowest BCUT2D eigenvalue weighted by molar-refractivity contribution is -0.133. The molecule has 0 N–H and O–H groups in total. The molecule has 1 atom stereocenters. The Balaban J connectivity index is 2.19. The second-order valence-corrected chi connectivity index (χ2v) is 6.30. The molecule has 2 heteroatoms. The molecule has 0 bridgehead atoms. The Morgan fingerprint density at radius 2 is 1.67 bits per heavy atom. The SMILES string of the molecule is CC1(C)CC(=O)CC2(CCCC(=O)C2)C1. The minimum absolute atomic E-state index is 0.0359. The van der Waals surface area contributed by atoms with E-state index in [4.69, 9.17) is 0 Å². The molecule has 2 aliphatic carbocycles. The van der Waals surface area contributed by atoms with Gasteiger partial charge in [0, 0.05) is 25.7 Å². The first-order valence-electron chi connectivity index (χ1n) is 5.94. The van der Waals surface area contributed by atoms with Crippen LogP contribution in [0.15, 0.2) is 0 Å². The van der Waals surface area contributed by atoms with Gasteiger partial charge in [-0.25, -0.2) is 0 Å². The lowest BCUT2D eigenvalue weighted by Gasteiger charge is -2.45. The van der Waals surface area contributed by atoms with E-state index in [9.17, 15) is 9.59 Å². The Bertz CT molecular complexity index is 300. The third kappa shape index (κ3) is 2.30. The zero-order chi connectivity index (χ0) is 11.1. The van der Waals surface area contributed by atoms with E-state index in [1.807, 2.05) is 0 Å². The maximum Gasteiger partial charge on any atom is 0.134 e. The zero-order valence-corrected chi connectivity index (χ0v) is 9.77. The monoisotopic (exact) mass is 208 g/mol. The number of Topliss-reactive ketones (excluding diaryl/α,β-unsaturated/α-hetero) is 2. The van der Waals surface area contributed by atoms with E-state index in [0.29, 0.717) is 30.8 Å². The molecule has 1 unspecified atom stereocenters. The van der Waals surface area contributed by atoms with Crippen molar-refractivity contribution in [1.29, 1.82) is 0 Å². The number of hydrogen-bond acceptors (Lipinski definition) is 2. The van der Waals surface area contributed by atoms with Crippen LogP contribution in [0, 0.1) is 10.8 Å². The van der Waals surface area contributed by atoms with Gasteiger partial charge < -0.3 is 0 Å². The molecule has 2 nitrogen and oxygen atoms in total. The van der Waals surface area contributed by atoms with Gasteiger partial charge in [-0.05, 0) is 30.1 Å². The minimum atomic E-state index is 0.0359. The van der Waals surface area contributed by atoms with E-state index >= 15 is 0 Å². The lowest BCUT2D eigenvalue weighted by atomic mass is 9.58. The van der Waals surface area contributed by atoms with Crippen molar-refractivity contribution < 1.29 is 9.59 Å². The third-order valence-electron chi connectivity index (χ3n) is 3.84. The molecule has 2 fully saturated rings. The van der Waals surface area contributed by atoms with Crippen LogP contribution < -0.4 is 0 Å². The third-order valence-corrected chi connectivity index (χ3v) is 3.84. The minimum Gasteiger partial charge on any atom is -0.300 e. The average molecular weight is 208 g/mol. The second kappa shape index (κ2) is 3.43. The zero-order valence-electron chi connectivity index (χ0n) is 9.77. The summed E-state index contributed by atoms with van der Waals surface area (Å²) in [7, 11) is 0. The summed E-state index contributed by atoms with van der Waals surface area (Å²) in [6.07, 6.45) is 5.86. The smallest absolute Gasteiger partial charge is 0.134 e. The van der Waals surface area contributed by atoms with Crippen molar-refractivity contribution in [3.63, 3.8) is 0 Å². The predicted octanol–water partition coefficient (Wildman–Crippen LogP) is 2.90. The summed E-state index contributed by atoms with van der Waals surface area (Å²) in [4.78, 5) is 23.3. The van der Waals surface area contributed by atoms with Gasteiger partial charge >= 0.3 is 0 Å². The number of rotatable bonds is 0. The summed E-state index contributed by atoms with van der Waals surface area (Å²) in [5.74, 6) is 0.729. The van der Waals surface area contributed by atoms with Gasteiger partial charge in [0.2, 0.25) is 0 Å². The van der Waals surface area contributed by atoms with Crippen LogP contribution in [-0.4, -0.2) is 11.6 Å². The second-order valence-electron chi connectivity index (χ2n) is 6.30. The van der Waals surface area contributed by atoms with Crippen molar-refractivity contribution >= 4 is 11.6 Å². The quantitative estimate of drug-likeness (QED) is 0.613. The van der Waals surface area contributed by atoms with Crippen LogP contribution in [-0.2, 0) is 9.59 Å². The largest absolute Gasteiger partial charge is 0.300 e. The molecule has 84 valence electrons. The first-order chi connectivity index (χ1) is 6.91. The molecule has 0 aromatic carbocycles. The van der Waals surface area contributed by atoms with Crippen molar-refractivity contribution in [2.24, 2.45) is 10.8 Å². The Hall–Kier alpha value is -0.660. The summed E-state index contributed by atoms with van der Waals surface area (Å²) in [5.41, 5.74) is 0.140. The predicted molar refractivity (Wildman–Crippen MR) is 58.5 cm³/mol. The Labute approximate surface area is 91.4 Å². The van der Waals surface area contributed by atoms with E-state index in [0.717, 1.165) is 25.7 Å². The van der Waals surface area contributed by atoms with Gasteiger partial charge in [0.05, 0.1) is 0 Å². The molecule has 2 rings (SSSR count). The van der Waals surface area contributed by atoms with Gasteiger partial charge in [0.1, 0.15) is 11.6 Å². The summed E-state index contributed by atoms with van der Waals surface area (Å²) in [6, 6.07) is 0. The fourth-order valence-corrected chi connectivity index (χ4v) is 3.71. The van der Waals surface area contributed by atoms with E-state index in [1.54, 1.807) is 0 Å². The van der Waals surface area contributed by atoms with Crippen LogP contribution >= 0.6 is 0 Å². The van der Waals surface area contributed by atoms with Gasteiger partial charge in [-0.2, -0.15) is 0 Å². The molecule has 0 heterocycles. The highest BCUT2D eigenvalue weighted by atomic mass is 16.1. The molecule has 0 amide bonds. The topological polar surface area (TPSA) is 34.1 Å². The van der Waals surface area contributed by atoms with E-state index in [-0.39, 0.29) is 10.8 Å². The molecular formula is C13H20O2. The molecule has 1 spiro atoms. The molecule has 0 aromatic heterocycles. The van der Waals surface area contributed by atoms with Crippen molar-refractivity contribution in [3.05, 3.63) is 0 Å². The molecule has 0 saturated heterocycles. The van der Waals surface area contributed by atoms with Gasteiger partial charge in [0.15, 0.2) is 0 Å².